The molecule has 0 aliphatic rings. The number of hydrogen-bond acceptors (Lipinski definition) is 2. The Kier molecular flexibility index (Phi) is 5.49. The van der Waals surface area contributed by atoms with Crippen molar-refractivity contribution < 1.29 is 4.74 Å². The van der Waals surface area contributed by atoms with E-state index in [1.807, 2.05) is 13.1 Å². The molecule has 1 aromatic rings. The molecule has 0 amide bonds. The monoisotopic (exact) mass is 235 g/mol. The maximum absolute atomic E-state index is 5.95. The van der Waals surface area contributed by atoms with Gasteiger partial charge in [-0.05, 0) is 30.5 Å². The van der Waals surface area contributed by atoms with E-state index in [9.17, 15) is 0 Å². The molecule has 1 aromatic carbocycles. The van der Waals surface area contributed by atoms with Gasteiger partial charge in [-0.3, -0.25) is 0 Å². The molecule has 0 aromatic heterocycles. The summed E-state index contributed by atoms with van der Waals surface area (Å²) in [4.78, 5) is 0. The lowest BCUT2D eigenvalue weighted by Gasteiger charge is -2.22. The lowest BCUT2D eigenvalue weighted by Crippen LogP contribution is -2.36. The van der Waals surface area contributed by atoms with Crippen LogP contribution in [0.3, 0.4) is 0 Å². The molecule has 17 heavy (non-hydrogen) atoms. The molecule has 0 radical (unpaired) electrons. The van der Waals surface area contributed by atoms with Gasteiger partial charge in [0.1, 0.15) is 12.4 Å². The minimum absolute atomic E-state index is 0.398. The highest BCUT2D eigenvalue weighted by Gasteiger charge is 2.13. The van der Waals surface area contributed by atoms with Crippen molar-refractivity contribution in [2.45, 2.75) is 39.7 Å². The summed E-state index contributed by atoms with van der Waals surface area (Å²) in [5.41, 5.74) is 1.28. The highest BCUT2D eigenvalue weighted by atomic mass is 16.5. The Bertz CT molecular complexity index is 333. The fourth-order valence-electron chi connectivity index (χ4n) is 1.88. The molecule has 96 valence electrons. The largest absolute Gasteiger partial charge is 0.492 e. The molecule has 2 nitrogen and oxygen atoms in total. The van der Waals surface area contributed by atoms with Crippen LogP contribution in [0.5, 0.6) is 5.75 Å². The summed E-state index contributed by atoms with van der Waals surface area (Å²) in [5, 5.41) is 3.30. The number of nitrogens with one attached hydrogen (secondary N) is 1. The maximum Gasteiger partial charge on any atom is 0.122 e. The summed E-state index contributed by atoms with van der Waals surface area (Å²) in [6.07, 6.45) is 0. The van der Waals surface area contributed by atoms with Gasteiger partial charge in [0.05, 0.1) is 0 Å². The van der Waals surface area contributed by atoms with Crippen LogP contribution in [0, 0.1) is 5.92 Å². The van der Waals surface area contributed by atoms with Crippen molar-refractivity contribution in [3.63, 3.8) is 0 Å². The lowest BCUT2D eigenvalue weighted by atomic mass is 10.0. The first-order valence-corrected chi connectivity index (χ1v) is 6.45. The van der Waals surface area contributed by atoms with E-state index in [0.29, 0.717) is 17.9 Å². The molecule has 1 N–H and O–H groups in total. The van der Waals surface area contributed by atoms with Crippen LogP contribution in [0.25, 0.3) is 0 Å². The van der Waals surface area contributed by atoms with Crippen molar-refractivity contribution in [2.24, 2.45) is 5.92 Å². The second-order valence-corrected chi connectivity index (χ2v) is 5.14. The van der Waals surface area contributed by atoms with Gasteiger partial charge in [-0.15, -0.1) is 0 Å². The Labute approximate surface area is 105 Å². The van der Waals surface area contributed by atoms with Gasteiger partial charge in [0.25, 0.3) is 0 Å². The maximum atomic E-state index is 5.95. The third kappa shape index (κ3) is 4.04. The first-order valence-electron chi connectivity index (χ1n) is 6.45. The van der Waals surface area contributed by atoms with Crippen LogP contribution in [-0.4, -0.2) is 19.7 Å². The van der Waals surface area contributed by atoms with Gasteiger partial charge >= 0.3 is 0 Å². The van der Waals surface area contributed by atoms with E-state index >= 15 is 0 Å². The number of ether oxygens (including phenoxy) is 1. The summed E-state index contributed by atoms with van der Waals surface area (Å²) >= 11 is 0. The smallest absolute Gasteiger partial charge is 0.122 e. The van der Waals surface area contributed by atoms with Crippen LogP contribution in [0.2, 0.25) is 0 Å². The Morgan fingerprint density at radius 2 is 1.76 bits per heavy atom. The van der Waals surface area contributed by atoms with Crippen molar-refractivity contribution in [3.05, 3.63) is 29.8 Å². The first kappa shape index (κ1) is 14.0. The molecule has 0 fully saturated rings. The van der Waals surface area contributed by atoms with Gasteiger partial charge in [-0.25, -0.2) is 0 Å². The Morgan fingerprint density at radius 3 is 2.29 bits per heavy atom. The molecular formula is C15H25NO. The third-order valence-electron chi connectivity index (χ3n) is 3.13. The van der Waals surface area contributed by atoms with Gasteiger partial charge in [0.15, 0.2) is 0 Å². The molecular weight excluding hydrogens is 210 g/mol. The predicted octanol–water partition coefficient (Wildman–Crippen LogP) is 3.43. The van der Waals surface area contributed by atoms with E-state index in [0.717, 1.165) is 12.4 Å². The fourth-order valence-corrected chi connectivity index (χ4v) is 1.88. The zero-order valence-corrected chi connectivity index (χ0v) is 11.7. The first-order chi connectivity index (χ1) is 8.06. The molecule has 1 rings (SSSR count). The average molecular weight is 235 g/mol. The molecule has 0 aliphatic heterocycles. The molecule has 0 saturated carbocycles. The van der Waals surface area contributed by atoms with Gasteiger partial charge in [0, 0.05) is 6.04 Å². The molecule has 0 bridgehead atoms. The van der Waals surface area contributed by atoms with Crippen LogP contribution in [0.4, 0.5) is 0 Å². The van der Waals surface area contributed by atoms with E-state index in [4.69, 9.17) is 4.74 Å². The van der Waals surface area contributed by atoms with Crippen LogP contribution in [0.15, 0.2) is 24.3 Å². The van der Waals surface area contributed by atoms with E-state index < -0.39 is 0 Å². The average Bonchev–Trinajstić information content (AvgIpc) is 2.29. The van der Waals surface area contributed by atoms with E-state index in [-0.39, 0.29) is 0 Å². The summed E-state index contributed by atoms with van der Waals surface area (Å²) in [6.45, 7) is 9.52. The highest BCUT2D eigenvalue weighted by Crippen LogP contribution is 2.26. The minimum Gasteiger partial charge on any atom is -0.492 e. The molecule has 0 spiro atoms. The van der Waals surface area contributed by atoms with E-state index in [1.54, 1.807) is 0 Å². The van der Waals surface area contributed by atoms with Crippen LogP contribution in [-0.2, 0) is 0 Å². The number of benzene rings is 1. The van der Waals surface area contributed by atoms with Gasteiger partial charge in [0.2, 0.25) is 0 Å². The zero-order chi connectivity index (χ0) is 12.8. The number of hydrogen-bond donors (Lipinski definition) is 1. The lowest BCUT2D eigenvalue weighted by molar-refractivity contribution is 0.235. The standard InChI is InChI=1S/C15H25NO/c1-11(2)13-8-6-7-9-15(13)17-10-14(16-5)12(3)4/h6-9,11-12,14,16H,10H2,1-5H3. The fraction of sp³-hybridized carbons (Fsp3) is 0.600. The van der Waals surface area contributed by atoms with Crippen molar-refractivity contribution in [1.29, 1.82) is 0 Å². The minimum atomic E-state index is 0.398. The Balaban J connectivity index is 2.68. The second kappa shape index (κ2) is 6.65. The van der Waals surface area contributed by atoms with Gasteiger partial charge < -0.3 is 10.1 Å². The molecule has 0 saturated heterocycles. The molecule has 1 atom stereocenters. The number of para-hydroxylation sites is 1. The van der Waals surface area contributed by atoms with Crippen LogP contribution >= 0.6 is 0 Å². The van der Waals surface area contributed by atoms with Crippen LogP contribution in [0.1, 0.15) is 39.2 Å². The van der Waals surface area contributed by atoms with Crippen molar-refractivity contribution in [1.82, 2.24) is 5.32 Å². The normalized spacial score (nSPS) is 13.1. The SMILES string of the molecule is CNC(COc1ccccc1C(C)C)C(C)C. The molecule has 1 unspecified atom stereocenters. The second-order valence-electron chi connectivity index (χ2n) is 5.14. The molecule has 2 heteroatoms. The topological polar surface area (TPSA) is 21.3 Å². The summed E-state index contributed by atoms with van der Waals surface area (Å²) in [5.74, 6) is 2.09. The number of rotatable bonds is 6. The Morgan fingerprint density at radius 1 is 1.12 bits per heavy atom. The predicted molar refractivity (Wildman–Crippen MR) is 73.7 cm³/mol. The number of likely N-dealkylation sites (N-methyl/N-ethyl adjacent to an activating group) is 1. The van der Waals surface area contributed by atoms with Crippen LogP contribution < -0.4 is 10.1 Å². The van der Waals surface area contributed by atoms with E-state index in [1.165, 1.54) is 5.56 Å². The summed E-state index contributed by atoms with van der Waals surface area (Å²) < 4.78 is 5.95. The highest BCUT2D eigenvalue weighted by molar-refractivity contribution is 5.35. The molecule has 0 heterocycles. The zero-order valence-electron chi connectivity index (χ0n) is 11.7. The quantitative estimate of drug-likeness (QED) is 0.815. The van der Waals surface area contributed by atoms with Crippen molar-refractivity contribution in [3.8, 4) is 5.75 Å². The van der Waals surface area contributed by atoms with Crippen molar-refractivity contribution in [2.75, 3.05) is 13.7 Å². The molecule has 0 aliphatic carbocycles. The van der Waals surface area contributed by atoms with Gasteiger partial charge in [-0.1, -0.05) is 45.9 Å². The van der Waals surface area contributed by atoms with Gasteiger partial charge in [-0.2, -0.15) is 0 Å². The van der Waals surface area contributed by atoms with E-state index in [2.05, 4.69) is 51.2 Å². The van der Waals surface area contributed by atoms with Crippen molar-refractivity contribution >= 4 is 0 Å². The summed E-state index contributed by atoms with van der Waals surface area (Å²) in [7, 11) is 1.99. The summed E-state index contributed by atoms with van der Waals surface area (Å²) in [6, 6.07) is 8.70. The Hall–Kier alpha value is -1.02. The third-order valence-corrected chi connectivity index (χ3v) is 3.13.